The number of carbonyl (C=O) groups is 2. The van der Waals surface area contributed by atoms with Crippen molar-refractivity contribution in [2.24, 2.45) is 5.73 Å². The molecule has 15 heteroatoms. The maximum atomic E-state index is 12.2. The first-order chi connectivity index (χ1) is 22.4. The number of ether oxygens (including phenoxy) is 3. The molecule has 2 amide bonds. The lowest BCUT2D eigenvalue weighted by molar-refractivity contribution is -0.117. The number of nitrogens with one attached hydrogen (secondary N) is 1. The number of carbonyl (C=O) groups excluding carboxylic acids is 2. The highest BCUT2D eigenvalue weighted by molar-refractivity contribution is 7.85. The van der Waals surface area contributed by atoms with E-state index in [-0.39, 0.29) is 38.0 Å². The van der Waals surface area contributed by atoms with Crippen LogP contribution in [0.4, 0.5) is 10.6 Å². The Morgan fingerprint density at radius 2 is 1.62 bits per heavy atom. The number of imidazole rings is 1. The molecule has 5 N–H and O–H groups in total. The van der Waals surface area contributed by atoms with Gasteiger partial charge in [-0.25, -0.2) is 14.8 Å². The fourth-order valence-corrected chi connectivity index (χ4v) is 5.71. The Morgan fingerprint density at radius 1 is 0.958 bits per heavy atom. The van der Waals surface area contributed by atoms with Crippen LogP contribution in [0.2, 0.25) is 0 Å². The van der Waals surface area contributed by atoms with Gasteiger partial charge in [0.2, 0.25) is 5.91 Å². The normalized spacial score (nSPS) is 12.5. The van der Waals surface area contributed by atoms with E-state index in [0.29, 0.717) is 36.4 Å². The lowest BCUT2D eigenvalue weighted by atomic mass is 10.0. The van der Waals surface area contributed by atoms with Crippen LogP contribution in [0, 0.1) is 0 Å². The fourth-order valence-electron chi connectivity index (χ4n) is 5.12. The smallest absolute Gasteiger partial charge is 0.423 e. The van der Waals surface area contributed by atoms with E-state index in [1.54, 1.807) is 25.5 Å². The number of aromatic nitrogens is 3. The molecule has 4 rings (SSSR count). The predicted octanol–water partition coefficient (Wildman–Crippen LogP) is 3.90. The highest BCUT2D eigenvalue weighted by Gasteiger charge is 2.26. The van der Waals surface area contributed by atoms with E-state index in [0.717, 1.165) is 27.6 Å². The second-order valence-electron chi connectivity index (χ2n) is 12.9. The molecule has 2 aromatic heterocycles. The third-order valence-corrected chi connectivity index (χ3v) is 7.95. The Hall–Kier alpha value is -4.31. The molecule has 4 aromatic rings. The van der Waals surface area contributed by atoms with Gasteiger partial charge in [0.25, 0.3) is 0 Å². The molecule has 260 valence electrons. The van der Waals surface area contributed by atoms with Crippen molar-refractivity contribution >= 4 is 50.1 Å². The monoisotopic (exact) mass is 684 g/mol. The van der Waals surface area contributed by atoms with E-state index < -0.39 is 27.6 Å². The van der Waals surface area contributed by atoms with Crippen molar-refractivity contribution in [2.75, 3.05) is 25.6 Å². The number of hydrogen-bond donors (Lipinski definition) is 3. The van der Waals surface area contributed by atoms with Crippen molar-refractivity contribution in [2.45, 2.75) is 78.7 Å². The number of nitrogens with zero attached hydrogens (tertiary/aromatic N) is 3. The minimum absolute atomic E-state index is 0.0903. The van der Waals surface area contributed by atoms with Crippen LogP contribution in [0.15, 0.2) is 42.5 Å². The van der Waals surface area contributed by atoms with Gasteiger partial charge in [-0.15, -0.1) is 0 Å². The van der Waals surface area contributed by atoms with Crippen molar-refractivity contribution in [3.05, 3.63) is 65.0 Å². The Morgan fingerprint density at radius 3 is 2.27 bits per heavy atom. The van der Waals surface area contributed by atoms with Crippen molar-refractivity contribution in [3.8, 4) is 0 Å². The van der Waals surface area contributed by atoms with E-state index in [1.807, 2.05) is 67.8 Å². The molecule has 0 unspecified atom stereocenters. The van der Waals surface area contributed by atoms with Gasteiger partial charge in [-0.2, -0.15) is 13.1 Å². The molecule has 0 radical (unpaired) electrons. The summed E-state index contributed by atoms with van der Waals surface area (Å²) in [5.74, 6) is 0.529. The summed E-state index contributed by atoms with van der Waals surface area (Å²) in [7, 11) is -4.40. The predicted molar refractivity (Wildman–Crippen MR) is 181 cm³/mol. The van der Waals surface area contributed by atoms with Crippen molar-refractivity contribution in [1.29, 1.82) is 0 Å². The van der Waals surface area contributed by atoms with E-state index in [4.69, 9.17) is 34.8 Å². The summed E-state index contributed by atoms with van der Waals surface area (Å²) in [6, 6.07) is 13.8. The van der Waals surface area contributed by atoms with Crippen LogP contribution in [0.3, 0.4) is 0 Å². The van der Waals surface area contributed by atoms with Crippen LogP contribution in [0.25, 0.3) is 21.9 Å². The summed E-state index contributed by atoms with van der Waals surface area (Å²) in [5, 5.41) is 0.841. The third kappa shape index (κ3) is 10.1. The number of rotatable bonds is 15. The van der Waals surface area contributed by atoms with E-state index in [2.05, 4.69) is 4.98 Å². The summed E-state index contributed by atoms with van der Waals surface area (Å²) in [5.41, 5.74) is 15.0. The molecule has 2 aromatic carbocycles. The largest absolute Gasteiger partial charge is 0.443 e. The Bertz CT molecular complexity index is 1880. The molecule has 0 aliphatic rings. The maximum absolute atomic E-state index is 12.2. The van der Waals surface area contributed by atoms with Gasteiger partial charge in [-0.1, -0.05) is 36.4 Å². The maximum Gasteiger partial charge on any atom is 0.423 e. The molecule has 0 atom stereocenters. The van der Waals surface area contributed by atoms with Gasteiger partial charge in [-0.05, 0) is 70.7 Å². The zero-order valence-electron chi connectivity index (χ0n) is 28.2. The van der Waals surface area contributed by atoms with Crippen molar-refractivity contribution < 1.29 is 36.4 Å². The molecule has 0 bridgehead atoms. The van der Waals surface area contributed by atoms with E-state index in [9.17, 15) is 18.0 Å². The number of nitrogens with two attached hydrogens (primary N) is 2. The number of benzene rings is 2. The Kier molecular flexibility index (Phi) is 11.3. The SMILES string of the molecule is CCOCc1nc2c(N)nc3cc(Cc4ccc(CC(N)=O)cc4)ccc3c2n1CC(C)(C)OCCOS(=O)(=O)NC(=O)OC(C)(C)C. The van der Waals surface area contributed by atoms with Gasteiger partial charge in [0.05, 0.1) is 42.8 Å². The molecule has 0 spiro atoms. The number of anilines is 1. The topological polar surface area (TPSA) is 200 Å². The molecule has 0 saturated carbocycles. The first-order valence-electron chi connectivity index (χ1n) is 15.5. The molecule has 48 heavy (non-hydrogen) atoms. The van der Waals surface area contributed by atoms with Crippen LogP contribution in [-0.2, 0) is 59.5 Å². The molecular formula is C33H44N6O8S. The first kappa shape index (κ1) is 36.5. The number of fused-ring (bicyclic) bond motifs is 3. The summed E-state index contributed by atoms with van der Waals surface area (Å²) < 4.78 is 49.7. The van der Waals surface area contributed by atoms with Gasteiger partial charge in [0.1, 0.15) is 23.5 Å². The highest BCUT2D eigenvalue weighted by Crippen LogP contribution is 2.32. The Balaban J connectivity index is 1.54. The van der Waals surface area contributed by atoms with Gasteiger partial charge in [0, 0.05) is 12.0 Å². The van der Waals surface area contributed by atoms with Gasteiger partial charge in [0.15, 0.2) is 5.82 Å². The lowest BCUT2D eigenvalue weighted by Gasteiger charge is -2.27. The zero-order valence-corrected chi connectivity index (χ0v) is 29.0. The fraction of sp³-hybridized carbons (Fsp3) is 0.455. The number of nitrogen functional groups attached to an aromatic ring is 1. The number of primary amides is 1. The Labute approximate surface area is 280 Å². The molecule has 0 saturated heterocycles. The molecule has 14 nitrogen and oxygen atoms in total. The van der Waals surface area contributed by atoms with Gasteiger partial charge >= 0.3 is 16.4 Å². The summed E-state index contributed by atoms with van der Waals surface area (Å²) in [4.78, 5) is 32.6. The van der Waals surface area contributed by atoms with Gasteiger partial charge < -0.3 is 30.2 Å². The van der Waals surface area contributed by atoms with Gasteiger partial charge in [-0.3, -0.25) is 8.98 Å². The molecule has 0 aliphatic carbocycles. The molecular weight excluding hydrogens is 640 g/mol. The second-order valence-corrected chi connectivity index (χ2v) is 14.3. The molecule has 0 aliphatic heterocycles. The summed E-state index contributed by atoms with van der Waals surface area (Å²) in [6.07, 6.45) is -0.298. The average Bonchev–Trinajstić information content (AvgIpc) is 3.31. The lowest BCUT2D eigenvalue weighted by Crippen LogP contribution is -2.38. The summed E-state index contributed by atoms with van der Waals surface area (Å²) in [6.45, 7) is 11.0. The minimum Gasteiger partial charge on any atom is -0.443 e. The minimum atomic E-state index is -4.40. The third-order valence-electron chi connectivity index (χ3n) is 7.05. The highest BCUT2D eigenvalue weighted by atomic mass is 32.2. The molecule has 2 heterocycles. The van der Waals surface area contributed by atoms with Crippen LogP contribution >= 0.6 is 0 Å². The van der Waals surface area contributed by atoms with Crippen LogP contribution in [0.5, 0.6) is 0 Å². The number of pyridine rings is 1. The standard InChI is InChI=1S/C33H44N6O8S/c1-7-44-19-27-37-28-29(39(27)20-33(5,6)45-14-15-46-48(42,43)38-31(41)47-32(2,3)4)24-13-12-23(17-25(24)36-30(28)35)16-21-8-10-22(11-9-21)18-26(34)40/h8-13,17H,7,14-16,18-20H2,1-6H3,(H2,34,40)(H2,35,36)(H,38,41). The van der Waals surface area contributed by atoms with Crippen LogP contribution in [-0.4, -0.2) is 66.0 Å². The van der Waals surface area contributed by atoms with Crippen molar-refractivity contribution in [1.82, 2.24) is 19.3 Å². The first-order valence-corrected chi connectivity index (χ1v) is 16.9. The molecule has 0 fully saturated rings. The van der Waals surface area contributed by atoms with E-state index in [1.165, 1.54) is 0 Å². The van der Waals surface area contributed by atoms with Crippen LogP contribution < -0.4 is 16.2 Å². The zero-order chi connectivity index (χ0) is 35.3. The van der Waals surface area contributed by atoms with E-state index >= 15 is 0 Å². The number of hydrogen-bond acceptors (Lipinski definition) is 11. The van der Waals surface area contributed by atoms with Crippen molar-refractivity contribution in [3.63, 3.8) is 0 Å². The number of amides is 2. The second kappa shape index (κ2) is 14.8. The quantitative estimate of drug-likeness (QED) is 0.153. The average molecular weight is 685 g/mol. The van der Waals surface area contributed by atoms with Crippen LogP contribution in [0.1, 0.15) is 64.1 Å². The summed E-state index contributed by atoms with van der Waals surface area (Å²) >= 11 is 0.